The maximum atomic E-state index is 9.37. The molecule has 12 heavy (non-hydrogen) atoms. The van der Waals surface area contributed by atoms with Crippen LogP contribution in [-0.4, -0.2) is 17.5 Å². The summed E-state index contributed by atoms with van der Waals surface area (Å²) in [4.78, 5) is 0. The standard InChI is InChI=1S/C10H20O2/c1-4-7(2)9-5-8(3)12-10(11)6-9/h7-11H,4-6H2,1-3H3. The van der Waals surface area contributed by atoms with Gasteiger partial charge < -0.3 is 9.84 Å². The van der Waals surface area contributed by atoms with Crippen LogP contribution in [0.15, 0.2) is 0 Å². The molecule has 1 saturated heterocycles. The number of ether oxygens (including phenoxy) is 1. The molecule has 0 aromatic rings. The monoisotopic (exact) mass is 172 g/mol. The average Bonchev–Trinajstić information content (AvgIpc) is 2.01. The molecule has 2 heteroatoms. The summed E-state index contributed by atoms with van der Waals surface area (Å²) in [6.45, 7) is 6.50. The summed E-state index contributed by atoms with van der Waals surface area (Å²) in [5.74, 6) is 1.36. The van der Waals surface area contributed by atoms with Crippen LogP contribution in [0.25, 0.3) is 0 Å². The SMILES string of the molecule is CCC(C)C1CC(C)OC(O)C1. The third-order valence-corrected chi connectivity index (χ3v) is 2.98. The van der Waals surface area contributed by atoms with Gasteiger partial charge in [0.15, 0.2) is 6.29 Å². The molecule has 1 aliphatic rings. The van der Waals surface area contributed by atoms with Gasteiger partial charge in [0.25, 0.3) is 0 Å². The highest BCUT2D eigenvalue weighted by Gasteiger charge is 2.28. The highest BCUT2D eigenvalue weighted by atomic mass is 16.6. The second kappa shape index (κ2) is 4.24. The normalized spacial score (nSPS) is 39.5. The van der Waals surface area contributed by atoms with Gasteiger partial charge in [0.2, 0.25) is 0 Å². The van der Waals surface area contributed by atoms with E-state index in [1.54, 1.807) is 0 Å². The van der Waals surface area contributed by atoms with Crippen molar-refractivity contribution in [2.45, 2.75) is 52.4 Å². The van der Waals surface area contributed by atoms with Crippen molar-refractivity contribution in [3.05, 3.63) is 0 Å². The van der Waals surface area contributed by atoms with Crippen molar-refractivity contribution in [3.8, 4) is 0 Å². The molecule has 0 saturated carbocycles. The minimum Gasteiger partial charge on any atom is -0.368 e. The number of aliphatic hydroxyl groups excluding tert-OH is 1. The Labute approximate surface area is 74.9 Å². The fourth-order valence-electron chi connectivity index (χ4n) is 1.96. The van der Waals surface area contributed by atoms with E-state index in [1.165, 1.54) is 6.42 Å². The van der Waals surface area contributed by atoms with Crippen LogP contribution in [0.3, 0.4) is 0 Å². The molecule has 0 radical (unpaired) electrons. The van der Waals surface area contributed by atoms with Gasteiger partial charge in [-0.25, -0.2) is 0 Å². The first-order chi connectivity index (χ1) is 5.63. The first-order valence-corrected chi connectivity index (χ1v) is 4.97. The molecule has 0 aromatic carbocycles. The molecule has 4 unspecified atom stereocenters. The van der Waals surface area contributed by atoms with Crippen LogP contribution in [0.4, 0.5) is 0 Å². The zero-order valence-electron chi connectivity index (χ0n) is 8.29. The predicted molar refractivity (Wildman–Crippen MR) is 48.7 cm³/mol. The molecule has 1 rings (SSSR count). The lowest BCUT2D eigenvalue weighted by molar-refractivity contribution is -0.176. The Balaban J connectivity index is 2.43. The van der Waals surface area contributed by atoms with Crippen molar-refractivity contribution in [1.82, 2.24) is 0 Å². The Morgan fingerprint density at radius 3 is 2.67 bits per heavy atom. The van der Waals surface area contributed by atoms with Gasteiger partial charge in [-0.15, -0.1) is 0 Å². The van der Waals surface area contributed by atoms with Crippen molar-refractivity contribution in [2.24, 2.45) is 11.8 Å². The maximum absolute atomic E-state index is 9.37. The Hall–Kier alpha value is -0.0800. The van der Waals surface area contributed by atoms with Crippen LogP contribution < -0.4 is 0 Å². The van der Waals surface area contributed by atoms with Gasteiger partial charge in [0.1, 0.15) is 0 Å². The molecule has 1 fully saturated rings. The van der Waals surface area contributed by atoms with E-state index in [2.05, 4.69) is 13.8 Å². The van der Waals surface area contributed by atoms with Gasteiger partial charge in [-0.2, -0.15) is 0 Å². The molecule has 0 bridgehead atoms. The number of aliphatic hydroxyl groups is 1. The summed E-state index contributed by atoms with van der Waals surface area (Å²) >= 11 is 0. The highest BCUT2D eigenvalue weighted by Crippen LogP contribution is 2.30. The lowest BCUT2D eigenvalue weighted by Gasteiger charge is -2.34. The summed E-state index contributed by atoms with van der Waals surface area (Å²) in [5, 5.41) is 9.37. The van der Waals surface area contributed by atoms with Crippen LogP contribution in [-0.2, 0) is 4.74 Å². The summed E-state index contributed by atoms with van der Waals surface area (Å²) in [6.07, 6.45) is 2.83. The summed E-state index contributed by atoms with van der Waals surface area (Å²) in [7, 11) is 0. The molecule has 2 nitrogen and oxygen atoms in total. The van der Waals surface area contributed by atoms with E-state index >= 15 is 0 Å². The van der Waals surface area contributed by atoms with Crippen LogP contribution >= 0.6 is 0 Å². The maximum Gasteiger partial charge on any atom is 0.155 e. The van der Waals surface area contributed by atoms with Gasteiger partial charge in [-0.3, -0.25) is 0 Å². The zero-order valence-corrected chi connectivity index (χ0v) is 8.29. The number of hydrogen-bond donors (Lipinski definition) is 1. The lowest BCUT2D eigenvalue weighted by atomic mass is 9.83. The lowest BCUT2D eigenvalue weighted by Crippen LogP contribution is -2.33. The van der Waals surface area contributed by atoms with E-state index in [-0.39, 0.29) is 6.10 Å². The van der Waals surface area contributed by atoms with Gasteiger partial charge in [0, 0.05) is 6.42 Å². The molecule has 1 aliphatic heterocycles. The highest BCUT2D eigenvalue weighted by molar-refractivity contribution is 4.74. The van der Waals surface area contributed by atoms with Crippen molar-refractivity contribution < 1.29 is 9.84 Å². The summed E-state index contributed by atoms with van der Waals surface area (Å²) in [5.41, 5.74) is 0. The third kappa shape index (κ3) is 2.46. The number of rotatable bonds is 2. The topological polar surface area (TPSA) is 29.5 Å². The fraction of sp³-hybridized carbons (Fsp3) is 1.00. The van der Waals surface area contributed by atoms with E-state index in [0.717, 1.165) is 12.8 Å². The van der Waals surface area contributed by atoms with Crippen molar-refractivity contribution in [2.75, 3.05) is 0 Å². The van der Waals surface area contributed by atoms with E-state index in [9.17, 15) is 5.11 Å². The average molecular weight is 172 g/mol. The molecule has 0 aliphatic carbocycles. The fourth-order valence-corrected chi connectivity index (χ4v) is 1.96. The van der Waals surface area contributed by atoms with E-state index < -0.39 is 6.29 Å². The van der Waals surface area contributed by atoms with Gasteiger partial charge in [-0.05, 0) is 25.2 Å². The number of hydrogen-bond acceptors (Lipinski definition) is 2. The van der Waals surface area contributed by atoms with Crippen molar-refractivity contribution >= 4 is 0 Å². The minimum atomic E-state index is -0.521. The van der Waals surface area contributed by atoms with Gasteiger partial charge in [-0.1, -0.05) is 20.3 Å². The predicted octanol–water partition coefficient (Wildman–Crippen LogP) is 2.17. The molecule has 0 aromatic heterocycles. The van der Waals surface area contributed by atoms with Crippen LogP contribution in [0, 0.1) is 11.8 Å². The largest absolute Gasteiger partial charge is 0.368 e. The Morgan fingerprint density at radius 1 is 1.50 bits per heavy atom. The molecular weight excluding hydrogens is 152 g/mol. The molecule has 4 atom stereocenters. The Bertz CT molecular complexity index is 126. The van der Waals surface area contributed by atoms with Crippen LogP contribution in [0.1, 0.15) is 40.0 Å². The molecule has 0 amide bonds. The molecule has 1 heterocycles. The van der Waals surface area contributed by atoms with E-state index in [0.29, 0.717) is 11.8 Å². The van der Waals surface area contributed by atoms with Crippen LogP contribution in [0.5, 0.6) is 0 Å². The zero-order chi connectivity index (χ0) is 9.14. The Kier molecular flexibility index (Phi) is 3.53. The second-order valence-electron chi connectivity index (χ2n) is 4.02. The van der Waals surface area contributed by atoms with E-state index in [1.807, 2.05) is 6.92 Å². The Morgan fingerprint density at radius 2 is 2.17 bits per heavy atom. The molecule has 72 valence electrons. The quantitative estimate of drug-likeness (QED) is 0.691. The second-order valence-corrected chi connectivity index (χ2v) is 4.02. The molecule has 0 spiro atoms. The van der Waals surface area contributed by atoms with Crippen molar-refractivity contribution in [3.63, 3.8) is 0 Å². The molecule has 1 N–H and O–H groups in total. The van der Waals surface area contributed by atoms with Gasteiger partial charge >= 0.3 is 0 Å². The smallest absolute Gasteiger partial charge is 0.155 e. The molecular formula is C10H20O2. The van der Waals surface area contributed by atoms with Gasteiger partial charge in [0.05, 0.1) is 6.10 Å². The first-order valence-electron chi connectivity index (χ1n) is 4.97. The van der Waals surface area contributed by atoms with Crippen molar-refractivity contribution in [1.29, 1.82) is 0 Å². The third-order valence-electron chi connectivity index (χ3n) is 2.98. The summed E-state index contributed by atoms with van der Waals surface area (Å²) < 4.78 is 5.27. The minimum absolute atomic E-state index is 0.229. The van der Waals surface area contributed by atoms with E-state index in [4.69, 9.17) is 4.74 Å². The first kappa shape index (κ1) is 10.0. The summed E-state index contributed by atoms with van der Waals surface area (Å²) in [6, 6.07) is 0. The van der Waals surface area contributed by atoms with Crippen LogP contribution in [0.2, 0.25) is 0 Å².